The van der Waals surface area contributed by atoms with Gasteiger partial charge >= 0.3 is 12.0 Å². The van der Waals surface area contributed by atoms with Gasteiger partial charge in [-0.05, 0) is 30.3 Å². The molecule has 0 unspecified atom stereocenters. The van der Waals surface area contributed by atoms with Crippen molar-refractivity contribution >= 4 is 17.9 Å². The van der Waals surface area contributed by atoms with Crippen molar-refractivity contribution in [3.63, 3.8) is 0 Å². The number of aromatic hydroxyl groups is 1. The van der Waals surface area contributed by atoms with Gasteiger partial charge in [-0.15, -0.1) is 0 Å². The quantitative estimate of drug-likeness (QED) is 0.712. The van der Waals surface area contributed by atoms with Gasteiger partial charge in [0.2, 0.25) is 0 Å². The molecule has 0 spiro atoms. The van der Waals surface area contributed by atoms with Crippen LogP contribution in [-0.4, -0.2) is 29.6 Å². The van der Waals surface area contributed by atoms with Gasteiger partial charge < -0.3 is 19.6 Å². The van der Waals surface area contributed by atoms with Gasteiger partial charge in [0.25, 0.3) is 5.91 Å². The van der Waals surface area contributed by atoms with Gasteiger partial charge in [-0.1, -0.05) is 6.07 Å². The number of furan rings is 1. The number of imide groups is 1. The summed E-state index contributed by atoms with van der Waals surface area (Å²) in [5.74, 6) is -1.13. The van der Waals surface area contributed by atoms with E-state index in [-0.39, 0.29) is 17.9 Å². The molecule has 0 aliphatic rings. The number of carbonyl (C=O) groups is 3. The molecule has 2 rings (SSSR count). The molecular weight excluding hydrogens is 304 g/mol. The molecule has 1 aromatic heterocycles. The maximum Gasteiger partial charge on any atom is 0.338 e. The molecule has 8 nitrogen and oxygen atoms in total. The molecular formula is C15H14N2O6. The van der Waals surface area contributed by atoms with Crippen LogP contribution in [0.15, 0.2) is 47.1 Å². The summed E-state index contributed by atoms with van der Waals surface area (Å²) < 4.78 is 9.74. The number of ether oxygens (including phenoxy) is 1. The number of hydrogen-bond acceptors (Lipinski definition) is 6. The summed E-state index contributed by atoms with van der Waals surface area (Å²) in [4.78, 5) is 34.6. The lowest BCUT2D eigenvalue weighted by Gasteiger charge is -2.07. The van der Waals surface area contributed by atoms with Crippen LogP contribution in [0, 0.1) is 0 Å². The molecule has 23 heavy (non-hydrogen) atoms. The monoisotopic (exact) mass is 318 g/mol. The minimum atomic E-state index is -0.785. The summed E-state index contributed by atoms with van der Waals surface area (Å²) in [6, 6.07) is 8.09. The zero-order valence-electron chi connectivity index (χ0n) is 11.9. The van der Waals surface area contributed by atoms with Crippen molar-refractivity contribution in [1.82, 2.24) is 10.6 Å². The summed E-state index contributed by atoms with van der Waals surface area (Å²) in [6.45, 7) is -0.502. The van der Waals surface area contributed by atoms with Crippen LogP contribution in [-0.2, 0) is 16.1 Å². The van der Waals surface area contributed by atoms with Gasteiger partial charge in [0, 0.05) is 0 Å². The highest BCUT2D eigenvalue weighted by atomic mass is 16.5. The zero-order chi connectivity index (χ0) is 16.7. The Balaban J connectivity index is 1.72. The maximum absolute atomic E-state index is 11.6. The van der Waals surface area contributed by atoms with Gasteiger partial charge in [0.15, 0.2) is 6.61 Å². The second-order valence-corrected chi connectivity index (χ2v) is 4.44. The van der Waals surface area contributed by atoms with Crippen LogP contribution in [0.1, 0.15) is 16.1 Å². The molecule has 0 saturated heterocycles. The number of rotatable bonds is 5. The van der Waals surface area contributed by atoms with Crippen molar-refractivity contribution in [2.24, 2.45) is 0 Å². The van der Waals surface area contributed by atoms with E-state index in [0.717, 1.165) is 0 Å². The fourth-order valence-electron chi connectivity index (χ4n) is 1.63. The van der Waals surface area contributed by atoms with E-state index in [4.69, 9.17) is 9.15 Å². The third-order valence-electron chi connectivity index (χ3n) is 2.67. The Hall–Kier alpha value is -3.29. The predicted molar refractivity (Wildman–Crippen MR) is 77.5 cm³/mol. The largest absolute Gasteiger partial charge is 0.508 e. The van der Waals surface area contributed by atoms with E-state index in [0.29, 0.717) is 5.76 Å². The summed E-state index contributed by atoms with van der Waals surface area (Å²) in [5, 5.41) is 13.7. The predicted octanol–water partition coefficient (Wildman–Crippen LogP) is 1.17. The van der Waals surface area contributed by atoms with E-state index in [1.807, 2.05) is 5.32 Å². The molecule has 3 amide bonds. The van der Waals surface area contributed by atoms with Crippen LogP contribution >= 0.6 is 0 Å². The van der Waals surface area contributed by atoms with E-state index < -0.39 is 24.5 Å². The molecule has 1 heterocycles. The first kappa shape index (κ1) is 16.1. The number of carbonyl (C=O) groups excluding carboxylic acids is 3. The average Bonchev–Trinajstić information content (AvgIpc) is 3.04. The standard InChI is InChI=1S/C15H14N2O6/c18-11-4-1-3-10(7-11)14(20)23-9-13(19)17-15(21)16-8-12-5-2-6-22-12/h1-7,18H,8-9H2,(H2,16,17,19,21). The third kappa shape index (κ3) is 5.20. The first-order valence-corrected chi connectivity index (χ1v) is 6.61. The van der Waals surface area contributed by atoms with E-state index in [2.05, 4.69) is 5.32 Å². The molecule has 120 valence electrons. The van der Waals surface area contributed by atoms with Crippen molar-refractivity contribution in [3.8, 4) is 5.75 Å². The highest BCUT2D eigenvalue weighted by molar-refractivity contribution is 5.97. The fourth-order valence-corrected chi connectivity index (χ4v) is 1.63. The number of esters is 1. The molecule has 1 aromatic carbocycles. The second kappa shape index (κ2) is 7.64. The normalized spacial score (nSPS) is 9.91. The number of urea groups is 1. The Morgan fingerprint density at radius 1 is 1.17 bits per heavy atom. The lowest BCUT2D eigenvalue weighted by molar-refractivity contribution is -0.123. The lowest BCUT2D eigenvalue weighted by atomic mass is 10.2. The maximum atomic E-state index is 11.6. The Morgan fingerprint density at radius 3 is 2.70 bits per heavy atom. The molecule has 0 saturated carbocycles. The zero-order valence-corrected chi connectivity index (χ0v) is 11.9. The van der Waals surface area contributed by atoms with Crippen molar-refractivity contribution < 1.29 is 28.6 Å². The summed E-state index contributed by atoms with van der Waals surface area (Å²) >= 11 is 0. The molecule has 2 aromatic rings. The molecule has 0 aliphatic heterocycles. The summed E-state index contributed by atoms with van der Waals surface area (Å²) in [6.07, 6.45) is 1.46. The Labute approximate surface area is 131 Å². The van der Waals surface area contributed by atoms with Crippen molar-refractivity contribution in [2.75, 3.05) is 6.61 Å². The van der Waals surface area contributed by atoms with Crippen LogP contribution in [0.3, 0.4) is 0 Å². The van der Waals surface area contributed by atoms with Crippen LogP contribution in [0.25, 0.3) is 0 Å². The van der Waals surface area contributed by atoms with Gasteiger partial charge in [0.1, 0.15) is 11.5 Å². The second-order valence-electron chi connectivity index (χ2n) is 4.44. The molecule has 0 atom stereocenters. The summed E-state index contributed by atoms with van der Waals surface area (Å²) in [7, 11) is 0. The van der Waals surface area contributed by atoms with E-state index in [1.54, 1.807) is 12.1 Å². The highest BCUT2D eigenvalue weighted by Crippen LogP contribution is 2.11. The molecule has 8 heteroatoms. The van der Waals surface area contributed by atoms with Gasteiger partial charge in [-0.3, -0.25) is 10.1 Å². The van der Waals surface area contributed by atoms with Crippen LogP contribution in [0.4, 0.5) is 4.79 Å². The number of phenolic OH excluding ortho intramolecular Hbond substituents is 1. The van der Waals surface area contributed by atoms with E-state index in [1.165, 1.54) is 30.5 Å². The minimum absolute atomic E-state index is 0.0961. The number of benzene rings is 1. The van der Waals surface area contributed by atoms with Gasteiger partial charge in [-0.25, -0.2) is 9.59 Å². The number of hydrogen-bond donors (Lipinski definition) is 3. The molecule has 0 radical (unpaired) electrons. The van der Waals surface area contributed by atoms with Gasteiger partial charge in [-0.2, -0.15) is 0 Å². The Kier molecular flexibility index (Phi) is 5.35. The van der Waals surface area contributed by atoms with Crippen molar-refractivity contribution in [3.05, 3.63) is 54.0 Å². The number of nitrogens with one attached hydrogen (secondary N) is 2. The minimum Gasteiger partial charge on any atom is -0.508 e. The number of amides is 3. The molecule has 0 aliphatic carbocycles. The summed E-state index contributed by atoms with van der Waals surface area (Å²) in [5.41, 5.74) is 0.0973. The third-order valence-corrected chi connectivity index (χ3v) is 2.67. The van der Waals surface area contributed by atoms with Crippen LogP contribution in [0.2, 0.25) is 0 Å². The topological polar surface area (TPSA) is 118 Å². The fraction of sp³-hybridized carbons (Fsp3) is 0.133. The molecule has 3 N–H and O–H groups in total. The van der Waals surface area contributed by atoms with E-state index in [9.17, 15) is 19.5 Å². The Morgan fingerprint density at radius 2 is 2.00 bits per heavy atom. The number of phenols is 1. The molecule has 0 fully saturated rings. The van der Waals surface area contributed by atoms with Crippen LogP contribution in [0.5, 0.6) is 5.75 Å². The highest BCUT2D eigenvalue weighted by Gasteiger charge is 2.13. The average molecular weight is 318 g/mol. The smallest absolute Gasteiger partial charge is 0.338 e. The lowest BCUT2D eigenvalue weighted by Crippen LogP contribution is -2.41. The Bertz CT molecular complexity index is 696. The first-order chi connectivity index (χ1) is 11.0. The molecule has 0 bridgehead atoms. The van der Waals surface area contributed by atoms with Crippen LogP contribution < -0.4 is 10.6 Å². The van der Waals surface area contributed by atoms with Gasteiger partial charge in [0.05, 0.1) is 18.4 Å². The van der Waals surface area contributed by atoms with Crippen molar-refractivity contribution in [1.29, 1.82) is 0 Å². The SMILES string of the molecule is O=C(COC(=O)c1cccc(O)c1)NC(=O)NCc1ccco1. The van der Waals surface area contributed by atoms with Crippen molar-refractivity contribution in [2.45, 2.75) is 6.54 Å². The van der Waals surface area contributed by atoms with E-state index >= 15 is 0 Å². The first-order valence-electron chi connectivity index (χ1n) is 6.61.